The van der Waals surface area contributed by atoms with Crippen LogP contribution in [-0.2, 0) is 11.3 Å². The van der Waals surface area contributed by atoms with E-state index >= 15 is 0 Å². The van der Waals surface area contributed by atoms with E-state index in [1.807, 2.05) is 12.1 Å². The van der Waals surface area contributed by atoms with E-state index in [1.54, 1.807) is 0 Å². The van der Waals surface area contributed by atoms with E-state index in [4.69, 9.17) is 11.3 Å². The fourth-order valence-corrected chi connectivity index (χ4v) is 3.87. The van der Waals surface area contributed by atoms with Gasteiger partial charge in [-0.05, 0) is 53.7 Å². The second kappa shape index (κ2) is 10.6. The summed E-state index contributed by atoms with van der Waals surface area (Å²) in [7, 11) is 0. The number of hydrogen-bond donors (Lipinski definition) is 2. The van der Waals surface area contributed by atoms with Gasteiger partial charge in [-0.25, -0.2) is 0 Å². The van der Waals surface area contributed by atoms with Crippen LogP contribution < -0.4 is 11.1 Å². The highest BCUT2D eigenvalue weighted by Gasteiger charge is 2.36. The van der Waals surface area contributed by atoms with Crippen molar-refractivity contribution < 1.29 is 4.79 Å². The standard InChI is InChI=1S/C22H27N7O/c23-13-20-12-19(27-28-25)15-29(20)22(30)21(24)7-3-4-10-26-14-16-8-9-17-5-1-2-6-18(17)11-16/h1-2,5-6,8-9,11,19-21,26H,3-4,7,10,12,14-15,24H2/t19-,20-,21-/m0/s1. The van der Waals surface area contributed by atoms with Gasteiger partial charge in [-0.1, -0.05) is 47.9 Å². The Kier molecular flexibility index (Phi) is 7.63. The molecule has 0 saturated carbocycles. The second-order valence-corrected chi connectivity index (χ2v) is 7.69. The first-order chi connectivity index (χ1) is 14.6. The number of nitriles is 1. The van der Waals surface area contributed by atoms with Crippen molar-refractivity contribution in [3.05, 3.63) is 58.5 Å². The number of azide groups is 1. The lowest BCUT2D eigenvalue weighted by molar-refractivity contribution is -0.132. The quantitative estimate of drug-likeness (QED) is 0.287. The van der Waals surface area contributed by atoms with Crippen LogP contribution in [0.25, 0.3) is 21.2 Å². The highest BCUT2D eigenvalue weighted by molar-refractivity contribution is 5.83. The molecule has 156 valence electrons. The topological polar surface area (TPSA) is 131 Å². The van der Waals surface area contributed by atoms with Gasteiger partial charge in [-0.2, -0.15) is 5.26 Å². The molecular weight excluding hydrogens is 378 g/mol. The molecule has 1 aliphatic rings. The lowest BCUT2D eigenvalue weighted by Gasteiger charge is -2.23. The number of amides is 1. The molecule has 8 heteroatoms. The Morgan fingerprint density at radius 1 is 1.33 bits per heavy atom. The molecule has 1 aliphatic heterocycles. The molecule has 0 bridgehead atoms. The average Bonchev–Trinajstić information content (AvgIpc) is 3.18. The normalized spacial score (nSPS) is 19.3. The molecule has 8 nitrogen and oxygen atoms in total. The minimum absolute atomic E-state index is 0.235. The van der Waals surface area contributed by atoms with Crippen LogP contribution in [-0.4, -0.2) is 42.0 Å². The average molecular weight is 406 g/mol. The Morgan fingerprint density at radius 2 is 2.13 bits per heavy atom. The molecule has 1 heterocycles. The number of benzene rings is 2. The summed E-state index contributed by atoms with van der Waals surface area (Å²) in [4.78, 5) is 16.8. The molecular formula is C22H27N7O. The van der Waals surface area contributed by atoms with E-state index in [-0.39, 0.29) is 18.5 Å². The number of unbranched alkanes of at least 4 members (excludes halogenated alkanes) is 1. The Morgan fingerprint density at radius 3 is 2.90 bits per heavy atom. The van der Waals surface area contributed by atoms with Crippen molar-refractivity contribution in [1.29, 1.82) is 5.26 Å². The van der Waals surface area contributed by atoms with Crippen LogP contribution in [0.1, 0.15) is 31.2 Å². The highest BCUT2D eigenvalue weighted by atomic mass is 16.2. The minimum atomic E-state index is -0.633. The van der Waals surface area contributed by atoms with Gasteiger partial charge in [0.2, 0.25) is 5.91 Å². The third kappa shape index (κ3) is 5.49. The van der Waals surface area contributed by atoms with Crippen molar-refractivity contribution in [3.8, 4) is 6.07 Å². The van der Waals surface area contributed by atoms with Gasteiger partial charge in [-0.15, -0.1) is 0 Å². The SMILES string of the molecule is N#C[C@@H]1C[C@H](N=[N+]=[N-])CN1C(=O)[C@@H](N)CCCCNCc1ccc2ccccc2c1. The molecule has 2 aromatic rings. The maximum Gasteiger partial charge on any atom is 0.240 e. The number of fused-ring (bicyclic) bond motifs is 1. The molecule has 0 spiro atoms. The lowest BCUT2D eigenvalue weighted by atomic mass is 10.1. The second-order valence-electron chi connectivity index (χ2n) is 7.69. The van der Waals surface area contributed by atoms with Gasteiger partial charge in [0.1, 0.15) is 6.04 Å². The molecule has 2 aromatic carbocycles. The molecule has 3 atom stereocenters. The molecule has 0 aromatic heterocycles. The van der Waals surface area contributed by atoms with Gasteiger partial charge in [0.25, 0.3) is 0 Å². The van der Waals surface area contributed by atoms with Crippen LogP contribution in [0.5, 0.6) is 0 Å². The van der Waals surface area contributed by atoms with Crippen LogP contribution >= 0.6 is 0 Å². The first-order valence-electron chi connectivity index (χ1n) is 10.3. The van der Waals surface area contributed by atoms with Crippen molar-refractivity contribution >= 4 is 16.7 Å². The van der Waals surface area contributed by atoms with Crippen molar-refractivity contribution in [2.24, 2.45) is 10.8 Å². The molecule has 0 aliphatic carbocycles. The molecule has 3 N–H and O–H groups in total. The molecule has 30 heavy (non-hydrogen) atoms. The van der Waals surface area contributed by atoms with Crippen LogP contribution in [0.2, 0.25) is 0 Å². The van der Waals surface area contributed by atoms with Crippen molar-refractivity contribution in [2.45, 2.75) is 50.4 Å². The summed E-state index contributed by atoms with van der Waals surface area (Å²) < 4.78 is 0. The summed E-state index contributed by atoms with van der Waals surface area (Å²) in [5.41, 5.74) is 15.9. The van der Waals surface area contributed by atoms with E-state index in [1.165, 1.54) is 21.2 Å². The van der Waals surface area contributed by atoms with Crippen LogP contribution in [0.4, 0.5) is 0 Å². The number of rotatable bonds is 9. The van der Waals surface area contributed by atoms with Crippen molar-refractivity contribution in [1.82, 2.24) is 10.2 Å². The number of carbonyl (C=O) groups excluding carboxylic acids is 1. The Labute approximate surface area is 176 Å². The highest BCUT2D eigenvalue weighted by Crippen LogP contribution is 2.21. The van der Waals surface area contributed by atoms with E-state index in [0.717, 1.165) is 25.9 Å². The predicted molar refractivity (Wildman–Crippen MR) is 116 cm³/mol. The summed E-state index contributed by atoms with van der Waals surface area (Å²) in [5, 5.41) is 18.8. The third-order valence-electron chi connectivity index (χ3n) is 5.50. The van der Waals surface area contributed by atoms with Crippen LogP contribution in [0, 0.1) is 11.3 Å². The smallest absolute Gasteiger partial charge is 0.240 e. The first-order valence-corrected chi connectivity index (χ1v) is 10.3. The molecule has 0 unspecified atom stereocenters. The third-order valence-corrected chi connectivity index (χ3v) is 5.50. The Balaban J connectivity index is 1.37. The molecule has 1 amide bonds. The molecule has 1 fully saturated rings. The van der Waals surface area contributed by atoms with Gasteiger partial charge in [0.05, 0.1) is 18.2 Å². The fourth-order valence-electron chi connectivity index (χ4n) is 3.87. The summed E-state index contributed by atoms with van der Waals surface area (Å²) in [6, 6.07) is 15.3. The monoisotopic (exact) mass is 405 g/mol. The largest absolute Gasteiger partial charge is 0.325 e. The molecule has 0 radical (unpaired) electrons. The van der Waals surface area contributed by atoms with Crippen LogP contribution in [0.15, 0.2) is 47.6 Å². The maximum absolute atomic E-state index is 12.6. The van der Waals surface area contributed by atoms with Gasteiger partial charge in [-0.3, -0.25) is 4.79 Å². The predicted octanol–water partition coefficient (Wildman–Crippen LogP) is 3.23. The Hall–Kier alpha value is -3.11. The number of carbonyl (C=O) groups is 1. The number of nitrogens with zero attached hydrogens (tertiary/aromatic N) is 5. The van der Waals surface area contributed by atoms with Gasteiger partial charge < -0.3 is 16.0 Å². The van der Waals surface area contributed by atoms with Gasteiger partial charge >= 0.3 is 0 Å². The van der Waals surface area contributed by atoms with E-state index < -0.39 is 12.1 Å². The molecule has 1 saturated heterocycles. The van der Waals surface area contributed by atoms with Gasteiger partial charge in [0, 0.05) is 18.0 Å². The number of likely N-dealkylation sites (tertiary alicyclic amines) is 1. The van der Waals surface area contributed by atoms with Crippen molar-refractivity contribution in [2.75, 3.05) is 13.1 Å². The number of hydrogen-bond acceptors (Lipinski definition) is 5. The fraction of sp³-hybridized carbons (Fsp3) is 0.455. The first kappa shape index (κ1) is 21.6. The number of nitrogens with two attached hydrogens (primary N) is 1. The lowest BCUT2D eigenvalue weighted by Crippen LogP contribution is -2.46. The summed E-state index contributed by atoms with van der Waals surface area (Å²) in [6.07, 6.45) is 2.68. The summed E-state index contributed by atoms with van der Waals surface area (Å²) >= 11 is 0. The van der Waals surface area contributed by atoms with E-state index in [9.17, 15) is 10.1 Å². The minimum Gasteiger partial charge on any atom is -0.325 e. The Bertz CT molecular complexity index is 963. The van der Waals surface area contributed by atoms with E-state index in [0.29, 0.717) is 12.8 Å². The zero-order valence-electron chi connectivity index (χ0n) is 16.9. The summed E-state index contributed by atoms with van der Waals surface area (Å²) in [6.45, 7) is 1.91. The zero-order chi connectivity index (χ0) is 21.3. The van der Waals surface area contributed by atoms with Gasteiger partial charge in [0.15, 0.2) is 0 Å². The van der Waals surface area contributed by atoms with Crippen LogP contribution in [0.3, 0.4) is 0 Å². The van der Waals surface area contributed by atoms with E-state index in [2.05, 4.69) is 51.7 Å². The maximum atomic E-state index is 12.6. The zero-order valence-corrected chi connectivity index (χ0v) is 16.9. The molecule has 3 rings (SSSR count). The number of nitrogens with one attached hydrogen (secondary N) is 1. The van der Waals surface area contributed by atoms with Crippen molar-refractivity contribution in [3.63, 3.8) is 0 Å². The summed E-state index contributed by atoms with van der Waals surface area (Å²) in [5.74, 6) is -0.235.